The monoisotopic (exact) mass is 430 g/mol. The van der Waals surface area contributed by atoms with Crippen molar-refractivity contribution in [1.82, 2.24) is 0 Å². The fraction of sp³-hybridized carbons (Fsp3) is 0.562. The fourth-order valence-corrected chi connectivity index (χ4v) is 5.69. The third-order valence-electron chi connectivity index (χ3n) is 7.25. The Bertz CT molecular complexity index is 1030. The van der Waals surface area contributed by atoms with Crippen LogP contribution in [-0.2, 0) is 0 Å². The number of fused-ring (bicyclic) bond motifs is 3. The number of hydrogen-bond donors (Lipinski definition) is 0. The summed E-state index contributed by atoms with van der Waals surface area (Å²) in [4.78, 5) is 0. The van der Waals surface area contributed by atoms with Gasteiger partial charge in [-0.2, -0.15) is 0 Å². The minimum Gasteiger partial charge on any atom is -0.0587 e. The molecule has 0 N–H and O–H groups in total. The summed E-state index contributed by atoms with van der Waals surface area (Å²) < 4.78 is 0. The van der Waals surface area contributed by atoms with E-state index in [9.17, 15) is 0 Å². The Balaban J connectivity index is 2.68. The second-order valence-corrected chi connectivity index (χ2v) is 11.8. The molecule has 0 spiro atoms. The highest BCUT2D eigenvalue weighted by Crippen LogP contribution is 2.45. The van der Waals surface area contributed by atoms with Gasteiger partial charge >= 0.3 is 0 Å². The molecule has 0 bridgehead atoms. The molecule has 0 aliphatic carbocycles. The van der Waals surface area contributed by atoms with Crippen molar-refractivity contribution in [1.29, 1.82) is 0 Å². The Kier molecular flexibility index (Phi) is 7.14. The molecule has 174 valence electrons. The zero-order chi connectivity index (χ0) is 24.1. The Morgan fingerprint density at radius 1 is 0.312 bits per heavy atom. The van der Waals surface area contributed by atoms with Crippen LogP contribution in [-0.4, -0.2) is 0 Å². The Morgan fingerprint density at radius 3 is 0.719 bits per heavy atom. The van der Waals surface area contributed by atoms with Gasteiger partial charge in [0.2, 0.25) is 0 Å². The topological polar surface area (TPSA) is 0 Å². The van der Waals surface area contributed by atoms with Crippen LogP contribution in [0.5, 0.6) is 0 Å². The second kappa shape index (κ2) is 9.20. The first kappa shape index (κ1) is 24.8. The third-order valence-corrected chi connectivity index (χ3v) is 7.25. The van der Waals surface area contributed by atoms with Gasteiger partial charge in [-0.25, -0.2) is 0 Å². The van der Waals surface area contributed by atoms with Crippen LogP contribution in [0.2, 0.25) is 0 Å². The predicted molar refractivity (Wildman–Crippen MR) is 146 cm³/mol. The molecule has 0 radical (unpaired) electrons. The molecule has 0 aliphatic rings. The molecule has 3 rings (SSSR count). The lowest BCUT2D eigenvalue weighted by Gasteiger charge is -2.27. The van der Waals surface area contributed by atoms with E-state index in [1.165, 1.54) is 43.8 Å². The van der Waals surface area contributed by atoms with Gasteiger partial charge in [-0.1, -0.05) is 95.2 Å². The molecule has 0 fully saturated rings. The van der Waals surface area contributed by atoms with Gasteiger partial charge in [-0.3, -0.25) is 0 Å². The average Bonchev–Trinajstić information content (AvgIpc) is 2.69. The van der Waals surface area contributed by atoms with Crippen LogP contribution in [0, 0.1) is 0 Å². The molecule has 0 unspecified atom stereocenters. The normalized spacial score (nSPS) is 12.8. The van der Waals surface area contributed by atoms with E-state index in [2.05, 4.69) is 107 Å². The summed E-state index contributed by atoms with van der Waals surface area (Å²) in [5.74, 6) is 3.11. The van der Waals surface area contributed by atoms with Gasteiger partial charge in [0.25, 0.3) is 0 Å². The lowest BCUT2D eigenvalue weighted by Crippen LogP contribution is -2.07. The van der Waals surface area contributed by atoms with Crippen LogP contribution in [0.3, 0.4) is 0 Å². The first-order chi connectivity index (χ1) is 14.9. The van der Waals surface area contributed by atoms with Gasteiger partial charge in [0.1, 0.15) is 0 Å². The molecule has 0 heteroatoms. The molecular weight excluding hydrogens is 384 g/mol. The molecule has 0 aliphatic heterocycles. The number of hydrogen-bond acceptors (Lipinski definition) is 0. The molecule has 0 saturated heterocycles. The van der Waals surface area contributed by atoms with Crippen LogP contribution in [0.15, 0.2) is 24.3 Å². The quantitative estimate of drug-likeness (QED) is 0.341. The summed E-state index contributed by atoms with van der Waals surface area (Å²) in [6, 6.07) is 10.2. The fourth-order valence-electron chi connectivity index (χ4n) is 5.69. The first-order valence-electron chi connectivity index (χ1n) is 13.0. The highest BCUT2D eigenvalue weighted by molar-refractivity contribution is 6.12. The van der Waals surface area contributed by atoms with E-state index in [0.29, 0.717) is 35.5 Å². The maximum atomic E-state index is 2.56. The third kappa shape index (κ3) is 4.23. The van der Waals surface area contributed by atoms with Crippen LogP contribution in [0.1, 0.15) is 152 Å². The van der Waals surface area contributed by atoms with Crippen molar-refractivity contribution < 1.29 is 0 Å². The molecule has 0 atom stereocenters. The van der Waals surface area contributed by atoms with Crippen molar-refractivity contribution in [3.63, 3.8) is 0 Å². The van der Waals surface area contributed by atoms with Crippen molar-refractivity contribution in [3.05, 3.63) is 57.6 Å². The highest BCUT2D eigenvalue weighted by Gasteiger charge is 2.23. The lowest BCUT2D eigenvalue weighted by atomic mass is 9.77. The van der Waals surface area contributed by atoms with Gasteiger partial charge in [-0.15, -0.1) is 0 Å². The standard InChI is InChI=1S/C32H46/c1-17(2)23-13-27-28-14-24(18(3)4)26(20(7)8)16-30(28)32(22(11)12)31(21(9)10)29(27)15-25(23)19(5)6/h13-22H,1-12H3. The van der Waals surface area contributed by atoms with E-state index >= 15 is 0 Å². The van der Waals surface area contributed by atoms with Crippen molar-refractivity contribution in [3.8, 4) is 0 Å². The van der Waals surface area contributed by atoms with Gasteiger partial charge < -0.3 is 0 Å². The minimum atomic E-state index is 0.497. The van der Waals surface area contributed by atoms with E-state index in [1.807, 2.05) is 0 Å². The largest absolute Gasteiger partial charge is 0.0587 e. The maximum absolute atomic E-state index is 2.56. The molecular formula is C32H46. The molecule has 0 heterocycles. The zero-order valence-electron chi connectivity index (χ0n) is 22.8. The first-order valence-corrected chi connectivity index (χ1v) is 13.0. The number of rotatable bonds is 6. The van der Waals surface area contributed by atoms with Crippen molar-refractivity contribution in [2.45, 2.75) is 119 Å². The van der Waals surface area contributed by atoms with E-state index in [0.717, 1.165) is 0 Å². The average molecular weight is 431 g/mol. The maximum Gasteiger partial charge on any atom is -0.00992 e. The van der Waals surface area contributed by atoms with Crippen molar-refractivity contribution in [2.24, 2.45) is 0 Å². The summed E-state index contributed by atoms with van der Waals surface area (Å²) in [7, 11) is 0. The molecule has 0 amide bonds. The second-order valence-electron chi connectivity index (χ2n) is 11.8. The summed E-state index contributed by atoms with van der Waals surface area (Å²) >= 11 is 0. The molecule has 0 saturated carbocycles. The minimum absolute atomic E-state index is 0.497. The van der Waals surface area contributed by atoms with Crippen molar-refractivity contribution in [2.75, 3.05) is 0 Å². The summed E-state index contributed by atoms with van der Waals surface area (Å²) in [5, 5.41) is 5.88. The zero-order valence-corrected chi connectivity index (χ0v) is 22.8. The molecule has 0 aromatic heterocycles. The van der Waals surface area contributed by atoms with E-state index in [1.54, 1.807) is 11.1 Å². The smallest absolute Gasteiger partial charge is 0.00992 e. The summed E-state index contributed by atoms with van der Waals surface area (Å²) in [6.07, 6.45) is 0. The Labute approximate surface area is 197 Å². The summed E-state index contributed by atoms with van der Waals surface area (Å²) in [5.41, 5.74) is 9.19. The van der Waals surface area contributed by atoms with E-state index in [-0.39, 0.29) is 0 Å². The number of benzene rings is 3. The van der Waals surface area contributed by atoms with Gasteiger partial charge in [0.15, 0.2) is 0 Å². The van der Waals surface area contributed by atoms with Crippen LogP contribution in [0.25, 0.3) is 21.5 Å². The van der Waals surface area contributed by atoms with Crippen LogP contribution >= 0.6 is 0 Å². The van der Waals surface area contributed by atoms with E-state index < -0.39 is 0 Å². The lowest BCUT2D eigenvalue weighted by molar-refractivity contribution is 0.785. The van der Waals surface area contributed by atoms with Crippen molar-refractivity contribution >= 4 is 21.5 Å². The Morgan fingerprint density at radius 2 is 0.531 bits per heavy atom. The molecule has 0 nitrogen and oxygen atoms in total. The van der Waals surface area contributed by atoms with Gasteiger partial charge in [0.05, 0.1) is 0 Å². The SMILES string of the molecule is CC(C)c1cc2c(C(C)C)c(C(C)C)c3cc(C(C)C)c(C(C)C)cc3c2cc1C(C)C. The molecule has 32 heavy (non-hydrogen) atoms. The van der Waals surface area contributed by atoms with Gasteiger partial charge in [0, 0.05) is 0 Å². The molecule has 3 aromatic carbocycles. The van der Waals surface area contributed by atoms with Crippen LogP contribution < -0.4 is 0 Å². The highest BCUT2D eigenvalue weighted by atomic mass is 14.3. The predicted octanol–water partition coefficient (Wildman–Crippen LogP) is 10.7. The van der Waals surface area contributed by atoms with E-state index in [4.69, 9.17) is 0 Å². The Hall–Kier alpha value is -1.82. The summed E-state index contributed by atoms with van der Waals surface area (Å²) in [6.45, 7) is 28.3. The van der Waals surface area contributed by atoms with Crippen LogP contribution in [0.4, 0.5) is 0 Å². The molecule has 3 aromatic rings. The van der Waals surface area contributed by atoms with Gasteiger partial charge in [-0.05, 0) is 103 Å².